The summed E-state index contributed by atoms with van der Waals surface area (Å²) in [4.78, 5) is 2.59. The van der Waals surface area contributed by atoms with Crippen molar-refractivity contribution in [1.82, 2.24) is 4.90 Å². The van der Waals surface area contributed by atoms with Crippen LogP contribution in [-0.2, 0) is 0 Å². The van der Waals surface area contributed by atoms with Gasteiger partial charge >= 0.3 is 0 Å². The first-order chi connectivity index (χ1) is 11.1. The Morgan fingerprint density at radius 1 is 1.22 bits per heavy atom. The lowest BCUT2D eigenvalue weighted by Gasteiger charge is -2.38. The molecule has 3 rings (SSSR count). The summed E-state index contributed by atoms with van der Waals surface area (Å²) in [5, 5.41) is 0. The number of rotatable bonds is 6. The Kier molecular flexibility index (Phi) is 5.12. The minimum absolute atomic E-state index is 0.212. The summed E-state index contributed by atoms with van der Waals surface area (Å²) in [7, 11) is 0. The van der Waals surface area contributed by atoms with Crippen LogP contribution in [0.5, 0.6) is 11.5 Å². The normalized spacial score (nSPS) is 23.3. The average Bonchev–Trinajstić information content (AvgIpc) is 2.83. The predicted octanol–water partition coefficient (Wildman–Crippen LogP) is 3.50. The lowest BCUT2D eigenvalue weighted by atomic mass is 9.91. The number of piperidine rings is 1. The molecule has 1 saturated heterocycles. The molecule has 4 heteroatoms. The van der Waals surface area contributed by atoms with Crippen molar-refractivity contribution in [3.05, 3.63) is 23.8 Å². The largest absolute Gasteiger partial charge is 0.490 e. The molecule has 1 atom stereocenters. The van der Waals surface area contributed by atoms with Crippen LogP contribution in [0.4, 0.5) is 0 Å². The number of fused-ring (bicyclic) bond motifs is 1. The molecule has 128 valence electrons. The van der Waals surface area contributed by atoms with Crippen LogP contribution in [0.1, 0.15) is 57.6 Å². The number of nitrogens with two attached hydrogens (primary N) is 1. The van der Waals surface area contributed by atoms with Gasteiger partial charge in [-0.15, -0.1) is 0 Å². The van der Waals surface area contributed by atoms with Crippen LogP contribution >= 0.6 is 0 Å². The Morgan fingerprint density at radius 3 is 2.74 bits per heavy atom. The molecule has 2 heterocycles. The third kappa shape index (κ3) is 3.48. The maximum Gasteiger partial charge on any atom is 0.167 e. The third-order valence-electron chi connectivity index (χ3n) is 4.94. The molecule has 0 radical (unpaired) electrons. The van der Waals surface area contributed by atoms with Crippen LogP contribution in [0.3, 0.4) is 0 Å². The molecule has 1 aromatic carbocycles. The van der Waals surface area contributed by atoms with E-state index in [1.54, 1.807) is 0 Å². The van der Waals surface area contributed by atoms with E-state index in [2.05, 4.69) is 30.9 Å². The number of benzene rings is 1. The minimum atomic E-state index is -0.212. The van der Waals surface area contributed by atoms with Gasteiger partial charge in [-0.3, -0.25) is 4.90 Å². The zero-order valence-corrected chi connectivity index (χ0v) is 14.5. The first-order valence-corrected chi connectivity index (χ1v) is 9.02. The number of hydrogen-bond donors (Lipinski definition) is 1. The zero-order chi connectivity index (χ0) is 16.3. The van der Waals surface area contributed by atoms with Gasteiger partial charge in [0.25, 0.3) is 0 Å². The van der Waals surface area contributed by atoms with Gasteiger partial charge in [0.15, 0.2) is 11.5 Å². The highest BCUT2D eigenvalue weighted by Gasteiger charge is 2.45. The second-order valence-electron chi connectivity index (χ2n) is 7.22. The van der Waals surface area contributed by atoms with Crippen molar-refractivity contribution in [1.29, 1.82) is 0 Å². The molecule has 0 aliphatic carbocycles. The third-order valence-corrected chi connectivity index (χ3v) is 4.94. The molecule has 2 N–H and O–H groups in total. The number of hydrogen-bond acceptors (Lipinski definition) is 4. The summed E-state index contributed by atoms with van der Waals surface area (Å²) in [6, 6.07) is 6.65. The fourth-order valence-corrected chi connectivity index (χ4v) is 3.91. The van der Waals surface area contributed by atoms with E-state index in [0.29, 0.717) is 12.6 Å². The second-order valence-corrected chi connectivity index (χ2v) is 7.22. The maximum atomic E-state index is 6.36. The predicted molar refractivity (Wildman–Crippen MR) is 93.1 cm³/mol. The molecule has 23 heavy (non-hydrogen) atoms. The molecular weight excluding hydrogens is 288 g/mol. The highest BCUT2D eigenvalue weighted by Crippen LogP contribution is 2.51. The zero-order valence-electron chi connectivity index (χ0n) is 14.5. The molecule has 1 aromatic rings. The summed E-state index contributed by atoms with van der Waals surface area (Å²) < 4.78 is 12.3. The molecule has 1 unspecified atom stereocenters. The van der Waals surface area contributed by atoms with Crippen molar-refractivity contribution in [3.63, 3.8) is 0 Å². The van der Waals surface area contributed by atoms with Gasteiger partial charge in [0.05, 0.1) is 12.6 Å². The SMILES string of the molecule is CC1(C)Oc2c(OCCCCN)cccc2C1N1CCCCC1. The number of ether oxygens (including phenoxy) is 2. The van der Waals surface area contributed by atoms with E-state index >= 15 is 0 Å². The van der Waals surface area contributed by atoms with Crippen molar-refractivity contribution in [2.75, 3.05) is 26.2 Å². The van der Waals surface area contributed by atoms with Crippen molar-refractivity contribution in [2.45, 2.75) is 57.6 Å². The topological polar surface area (TPSA) is 47.7 Å². The van der Waals surface area contributed by atoms with Crippen LogP contribution < -0.4 is 15.2 Å². The molecule has 4 nitrogen and oxygen atoms in total. The smallest absolute Gasteiger partial charge is 0.167 e. The van der Waals surface area contributed by atoms with Crippen LogP contribution in [0, 0.1) is 0 Å². The fraction of sp³-hybridized carbons (Fsp3) is 0.684. The number of likely N-dealkylation sites (tertiary alicyclic amines) is 1. The number of nitrogens with zero attached hydrogens (tertiary/aromatic N) is 1. The van der Waals surface area contributed by atoms with E-state index in [4.69, 9.17) is 15.2 Å². The van der Waals surface area contributed by atoms with Gasteiger partial charge in [0, 0.05) is 5.56 Å². The maximum absolute atomic E-state index is 6.36. The second kappa shape index (κ2) is 7.10. The van der Waals surface area contributed by atoms with Gasteiger partial charge < -0.3 is 15.2 Å². The van der Waals surface area contributed by atoms with Crippen molar-refractivity contribution < 1.29 is 9.47 Å². The minimum Gasteiger partial charge on any atom is -0.490 e. The standard InChI is InChI=1S/C19H30N2O2/c1-19(2)18(21-12-5-3-6-13-21)15-9-8-10-16(17(15)23-19)22-14-7-4-11-20/h8-10,18H,3-7,11-14,20H2,1-2H3. The molecule has 2 aliphatic heterocycles. The highest BCUT2D eigenvalue weighted by atomic mass is 16.5. The molecule has 0 spiro atoms. The van der Waals surface area contributed by atoms with Crippen molar-refractivity contribution in [2.24, 2.45) is 5.73 Å². The van der Waals surface area contributed by atoms with Crippen LogP contribution in [-0.4, -0.2) is 36.7 Å². The summed E-state index contributed by atoms with van der Waals surface area (Å²) in [5.74, 6) is 1.83. The van der Waals surface area contributed by atoms with Gasteiger partial charge in [-0.1, -0.05) is 18.6 Å². The van der Waals surface area contributed by atoms with Gasteiger partial charge in [0.1, 0.15) is 5.60 Å². The molecular formula is C19H30N2O2. The Balaban J connectivity index is 1.80. The van der Waals surface area contributed by atoms with Crippen LogP contribution in [0.25, 0.3) is 0 Å². The Bertz CT molecular complexity index is 524. The number of para-hydroxylation sites is 1. The summed E-state index contributed by atoms with van der Waals surface area (Å²) in [6.07, 6.45) is 5.91. The van der Waals surface area contributed by atoms with Crippen LogP contribution in [0.15, 0.2) is 18.2 Å². The molecule has 1 fully saturated rings. The quantitative estimate of drug-likeness (QED) is 0.816. The van der Waals surface area contributed by atoms with Crippen LogP contribution in [0.2, 0.25) is 0 Å². The summed E-state index contributed by atoms with van der Waals surface area (Å²) in [5.41, 5.74) is 6.62. The first-order valence-electron chi connectivity index (χ1n) is 9.02. The molecule has 0 amide bonds. The Hall–Kier alpha value is -1.26. The first kappa shape index (κ1) is 16.6. The fourth-order valence-electron chi connectivity index (χ4n) is 3.91. The monoisotopic (exact) mass is 318 g/mol. The van der Waals surface area contributed by atoms with E-state index in [9.17, 15) is 0 Å². The van der Waals surface area contributed by atoms with Gasteiger partial charge in [0.2, 0.25) is 0 Å². The van der Waals surface area contributed by atoms with Gasteiger partial charge in [-0.05, 0) is 65.2 Å². The lowest BCUT2D eigenvalue weighted by Crippen LogP contribution is -2.44. The lowest BCUT2D eigenvalue weighted by molar-refractivity contribution is 0.0185. The molecule has 0 bridgehead atoms. The summed E-state index contributed by atoms with van der Waals surface area (Å²) >= 11 is 0. The highest BCUT2D eigenvalue weighted by molar-refractivity contribution is 5.52. The molecule has 0 saturated carbocycles. The van der Waals surface area contributed by atoms with E-state index in [1.165, 1.54) is 37.9 Å². The van der Waals surface area contributed by atoms with E-state index in [-0.39, 0.29) is 5.60 Å². The Labute approximate surface area is 139 Å². The van der Waals surface area contributed by atoms with Gasteiger partial charge in [-0.25, -0.2) is 0 Å². The van der Waals surface area contributed by atoms with Gasteiger partial charge in [-0.2, -0.15) is 0 Å². The van der Waals surface area contributed by atoms with Crippen molar-refractivity contribution in [3.8, 4) is 11.5 Å². The van der Waals surface area contributed by atoms with Crippen molar-refractivity contribution >= 4 is 0 Å². The average molecular weight is 318 g/mol. The summed E-state index contributed by atoms with van der Waals surface area (Å²) in [6.45, 7) is 8.15. The van der Waals surface area contributed by atoms with E-state index in [1.807, 2.05) is 6.07 Å². The van der Waals surface area contributed by atoms with E-state index in [0.717, 1.165) is 30.9 Å². The molecule has 0 aromatic heterocycles. The number of unbranched alkanes of at least 4 members (excludes halogenated alkanes) is 1. The molecule has 2 aliphatic rings. The Morgan fingerprint density at radius 2 is 2.00 bits per heavy atom. The van der Waals surface area contributed by atoms with E-state index < -0.39 is 0 Å².